The molecule has 3 atom stereocenters. The zero-order chi connectivity index (χ0) is 22.7. The Hall–Kier alpha value is -3.32. The van der Waals surface area contributed by atoms with Gasteiger partial charge >= 0.3 is 6.16 Å². The molecule has 1 aliphatic rings. The number of benzene rings is 1. The van der Waals surface area contributed by atoms with Crippen molar-refractivity contribution in [3.8, 4) is 12.3 Å². The van der Waals surface area contributed by atoms with Gasteiger partial charge in [0, 0.05) is 19.0 Å². The first-order valence-corrected chi connectivity index (χ1v) is 10.3. The summed E-state index contributed by atoms with van der Waals surface area (Å²) in [4.78, 5) is 20.4. The summed E-state index contributed by atoms with van der Waals surface area (Å²) in [5.41, 5.74) is 5.83. The van der Waals surface area contributed by atoms with Crippen LogP contribution in [0.5, 0.6) is 0 Å². The minimum absolute atomic E-state index is 0.0203. The standard InChI is InChI=1S/C22H21ClN4O5/c1-2-22(13-28)16(31-21(29)30-11-9-14-6-4-3-5-7-14)12-17(32-22)27-10-8-15-18(24)25-20(23)26-19(15)27/h1,3-8,10,16-17,28H,9,11-13H2,(H2,24,25,26)/t16-,17+,22+/m0/s1. The predicted octanol–water partition coefficient (Wildman–Crippen LogP) is 2.71. The van der Waals surface area contributed by atoms with Crippen LogP contribution in [-0.4, -0.2) is 50.7 Å². The Kier molecular flexibility index (Phi) is 6.19. The van der Waals surface area contributed by atoms with Crippen molar-refractivity contribution in [3.05, 3.63) is 53.4 Å². The Morgan fingerprint density at radius 1 is 1.38 bits per heavy atom. The molecule has 3 heterocycles. The van der Waals surface area contributed by atoms with Crippen molar-refractivity contribution in [3.63, 3.8) is 0 Å². The van der Waals surface area contributed by atoms with Crippen molar-refractivity contribution < 1.29 is 24.1 Å². The first-order chi connectivity index (χ1) is 15.5. The average Bonchev–Trinajstić information content (AvgIpc) is 3.36. The molecule has 1 aliphatic heterocycles. The van der Waals surface area contributed by atoms with E-state index in [1.807, 2.05) is 30.3 Å². The van der Waals surface area contributed by atoms with Crippen LogP contribution in [0.25, 0.3) is 11.0 Å². The van der Waals surface area contributed by atoms with Gasteiger partial charge in [0.05, 0.1) is 18.6 Å². The van der Waals surface area contributed by atoms with E-state index in [0.717, 1.165) is 5.56 Å². The van der Waals surface area contributed by atoms with Gasteiger partial charge in [0.2, 0.25) is 5.28 Å². The molecule has 1 saturated heterocycles. The second-order valence-corrected chi connectivity index (χ2v) is 7.62. The molecule has 0 saturated carbocycles. The fourth-order valence-electron chi connectivity index (χ4n) is 3.67. The van der Waals surface area contributed by atoms with Gasteiger partial charge in [-0.3, -0.25) is 0 Å². The monoisotopic (exact) mass is 456 g/mol. The number of terminal acetylenes is 1. The van der Waals surface area contributed by atoms with Gasteiger partial charge in [0.1, 0.15) is 17.7 Å². The topological polar surface area (TPSA) is 122 Å². The predicted molar refractivity (Wildman–Crippen MR) is 117 cm³/mol. The van der Waals surface area contributed by atoms with E-state index in [0.29, 0.717) is 17.5 Å². The second-order valence-electron chi connectivity index (χ2n) is 7.28. The number of aliphatic hydroxyl groups excluding tert-OH is 1. The van der Waals surface area contributed by atoms with E-state index in [1.54, 1.807) is 16.8 Å². The number of hydrogen-bond acceptors (Lipinski definition) is 8. The van der Waals surface area contributed by atoms with Crippen LogP contribution >= 0.6 is 11.6 Å². The molecule has 0 unspecified atom stereocenters. The van der Waals surface area contributed by atoms with Gasteiger partial charge in [0.25, 0.3) is 0 Å². The number of fused-ring (bicyclic) bond motifs is 1. The molecule has 166 valence electrons. The van der Waals surface area contributed by atoms with Crippen LogP contribution < -0.4 is 5.73 Å². The molecule has 0 spiro atoms. The van der Waals surface area contributed by atoms with Gasteiger partial charge in [-0.1, -0.05) is 36.3 Å². The number of aliphatic hydroxyl groups is 1. The maximum absolute atomic E-state index is 12.3. The molecule has 3 aromatic rings. The zero-order valence-corrected chi connectivity index (χ0v) is 17.7. The van der Waals surface area contributed by atoms with E-state index < -0.39 is 30.7 Å². The van der Waals surface area contributed by atoms with E-state index in [-0.39, 0.29) is 24.1 Å². The van der Waals surface area contributed by atoms with Crippen LogP contribution in [0, 0.1) is 12.3 Å². The van der Waals surface area contributed by atoms with E-state index in [9.17, 15) is 9.90 Å². The van der Waals surface area contributed by atoms with E-state index in [2.05, 4.69) is 15.9 Å². The molecule has 32 heavy (non-hydrogen) atoms. The molecule has 0 bridgehead atoms. The second kappa shape index (κ2) is 9.04. The zero-order valence-electron chi connectivity index (χ0n) is 17.0. The fraction of sp³-hybridized carbons (Fsp3) is 0.318. The SMILES string of the molecule is C#C[C@]1(CO)O[C@@H](n2ccc3c(N)nc(Cl)nc32)C[C@@H]1OC(=O)OCCc1ccccc1. The third-order valence-electron chi connectivity index (χ3n) is 5.34. The number of nitrogen functional groups attached to an aromatic ring is 1. The molecule has 1 aromatic carbocycles. The molecule has 3 N–H and O–H groups in total. The molecule has 0 radical (unpaired) electrons. The highest BCUT2D eigenvalue weighted by molar-refractivity contribution is 6.28. The number of halogens is 1. The Morgan fingerprint density at radius 2 is 2.16 bits per heavy atom. The van der Waals surface area contributed by atoms with Crippen LogP contribution in [0.3, 0.4) is 0 Å². The van der Waals surface area contributed by atoms with E-state index in [1.165, 1.54) is 0 Å². The highest BCUT2D eigenvalue weighted by Gasteiger charge is 2.51. The third kappa shape index (κ3) is 4.21. The van der Waals surface area contributed by atoms with Crippen LogP contribution in [0.2, 0.25) is 5.28 Å². The van der Waals surface area contributed by atoms with Gasteiger partial charge in [-0.15, -0.1) is 6.42 Å². The Balaban J connectivity index is 1.48. The van der Waals surface area contributed by atoms with Crippen molar-refractivity contribution in [2.24, 2.45) is 0 Å². The lowest BCUT2D eigenvalue weighted by atomic mass is 9.99. The molecule has 0 aliphatic carbocycles. The summed E-state index contributed by atoms with van der Waals surface area (Å²) in [6.07, 6.45) is 5.51. The summed E-state index contributed by atoms with van der Waals surface area (Å²) < 4.78 is 18.3. The highest BCUT2D eigenvalue weighted by Crippen LogP contribution is 2.40. The van der Waals surface area contributed by atoms with Crippen molar-refractivity contribution in [2.75, 3.05) is 18.9 Å². The molecule has 1 fully saturated rings. The van der Waals surface area contributed by atoms with Gasteiger partial charge in [-0.2, -0.15) is 4.98 Å². The number of anilines is 1. The van der Waals surface area contributed by atoms with Crippen molar-refractivity contribution in [2.45, 2.75) is 30.8 Å². The number of ether oxygens (including phenoxy) is 3. The number of carbonyl (C=O) groups is 1. The summed E-state index contributed by atoms with van der Waals surface area (Å²) in [7, 11) is 0. The lowest BCUT2D eigenvalue weighted by Gasteiger charge is -2.26. The van der Waals surface area contributed by atoms with Gasteiger partial charge in [-0.25, -0.2) is 9.78 Å². The van der Waals surface area contributed by atoms with Crippen LogP contribution in [0.15, 0.2) is 42.6 Å². The maximum atomic E-state index is 12.3. The third-order valence-corrected chi connectivity index (χ3v) is 5.51. The van der Waals surface area contributed by atoms with Gasteiger partial charge in [-0.05, 0) is 23.2 Å². The Morgan fingerprint density at radius 3 is 2.88 bits per heavy atom. The first-order valence-electron chi connectivity index (χ1n) is 9.89. The maximum Gasteiger partial charge on any atom is 0.508 e. The Bertz CT molecular complexity index is 1160. The van der Waals surface area contributed by atoms with E-state index in [4.69, 9.17) is 38.0 Å². The number of hydrogen-bond donors (Lipinski definition) is 2. The molecule has 2 aromatic heterocycles. The largest absolute Gasteiger partial charge is 0.508 e. The lowest BCUT2D eigenvalue weighted by molar-refractivity contribution is -0.0974. The van der Waals surface area contributed by atoms with Crippen LogP contribution in [0.1, 0.15) is 18.2 Å². The number of rotatable bonds is 6. The van der Waals surface area contributed by atoms with Crippen molar-refractivity contribution in [1.29, 1.82) is 0 Å². The number of carbonyl (C=O) groups excluding carboxylic acids is 1. The molecule has 0 amide bonds. The van der Waals surface area contributed by atoms with Crippen LogP contribution in [-0.2, 0) is 20.6 Å². The van der Waals surface area contributed by atoms with Crippen molar-refractivity contribution in [1.82, 2.24) is 14.5 Å². The van der Waals surface area contributed by atoms with E-state index >= 15 is 0 Å². The summed E-state index contributed by atoms with van der Waals surface area (Å²) in [5, 5.41) is 10.5. The summed E-state index contributed by atoms with van der Waals surface area (Å²) in [6.45, 7) is -0.419. The minimum Gasteiger partial charge on any atom is -0.434 e. The first kappa shape index (κ1) is 21.9. The lowest BCUT2D eigenvalue weighted by Crippen LogP contribution is -2.44. The van der Waals surface area contributed by atoms with Gasteiger partial charge in [0.15, 0.2) is 11.7 Å². The van der Waals surface area contributed by atoms with Crippen molar-refractivity contribution >= 4 is 34.6 Å². The molecular weight excluding hydrogens is 436 g/mol. The van der Waals surface area contributed by atoms with Gasteiger partial charge < -0.3 is 29.6 Å². The smallest absolute Gasteiger partial charge is 0.434 e. The molecule has 10 heteroatoms. The molecular formula is C22H21ClN4O5. The summed E-state index contributed by atoms with van der Waals surface area (Å²) >= 11 is 5.95. The minimum atomic E-state index is -1.54. The number of aromatic nitrogens is 3. The average molecular weight is 457 g/mol. The fourth-order valence-corrected chi connectivity index (χ4v) is 3.85. The van der Waals surface area contributed by atoms with Crippen LogP contribution in [0.4, 0.5) is 10.6 Å². The number of nitrogens with zero attached hydrogens (tertiary/aromatic N) is 3. The summed E-state index contributed by atoms with van der Waals surface area (Å²) in [5.74, 6) is 2.64. The summed E-state index contributed by atoms with van der Waals surface area (Å²) in [6, 6.07) is 11.3. The molecule has 4 rings (SSSR count). The number of nitrogens with two attached hydrogens (primary N) is 1. The normalized spacial score (nSPS) is 22.5. The Labute approximate surface area is 189 Å². The highest BCUT2D eigenvalue weighted by atomic mass is 35.5. The quantitative estimate of drug-likeness (QED) is 0.330. The molecule has 9 nitrogen and oxygen atoms in total.